The Kier molecular flexibility index (Phi) is 4.84. The van der Waals surface area contributed by atoms with Gasteiger partial charge in [-0.05, 0) is 54.7 Å². The van der Waals surface area contributed by atoms with Gasteiger partial charge in [-0.2, -0.15) is 11.3 Å². The van der Waals surface area contributed by atoms with Crippen LogP contribution in [0.2, 0.25) is 0 Å². The van der Waals surface area contributed by atoms with Gasteiger partial charge in [-0.3, -0.25) is 4.79 Å². The second kappa shape index (κ2) is 6.86. The van der Waals surface area contributed by atoms with Crippen LogP contribution in [0.1, 0.15) is 22.1 Å². The second-order valence-corrected chi connectivity index (χ2v) is 7.36. The smallest absolute Gasteiger partial charge is 0.267 e. The van der Waals surface area contributed by atoms with Crippen molar-refractivity contribution in [3.8, 4) is 0 Å². The van der Waals surface area contributed by atoms with Crippen molar-refractivity contribution in [2.75, 3.05) is 20.6 Å². The lowest BCUT2D eigenvalue weighted by Gasteiger charge is -2.23. The van der Waals surface area contributed by atoms with E-state index in [1.54, 1.807) is 11.3 Å². The molecule has 1 atom stereocenters. The average molecular weight is 392 g/mol. The molecule has 0 aliphatic heterocycles. The first kappa shape index (κ1) is 16.2. The predicted octanol–water partition coefficient (Wildman–Crippen LogP) is 4.02. The molecule has 2 aromatic heterocycles. The van der Waals surface area contributed by atoms with E-state index in [0.717, 1.165) is 15.4 Å². The minimum atomic E-state index is -0.0839. The Morgan fingerprint density at radius 1 is 1.35 bits per heavy atom. The number of benzene rings is 1. The highest BCUT2D eigenvalue weighted by atomic mass is 79.9. The van der Waals surface area contributed by atoms with E-state index in [2.05, 4.69) is 48.0 Å². The van der Waals surface area contributed by atoms with Gasteiger partial charge >= 0.3 is 0 Å². The molecule has 0 saturated carbocycles. The number of thiophene rings is 1. The van der Waals surface area contributed by atoms with Gasteiger partial charge in [-0.25, -0.2) is 0 Å². The Labute approximate surface area is 147 Å². The fourth-order valence-corrected chi connectivity index (χ4v) is 3.64. The van der Waals surface area contributed by atoms with Crippen molar-refractivity contribution in [2.45, 2.75) is 6.04 Å². The molecular weight excluding hydrogens is 374 g/mol. The minimum Gasteiger partial charge on any atom is -0.350 e. The Balaban J connectivity index is 1.72. The summed E-state index contributed by atoms with van der Waals surface area (Å²) in [6.45, 7) is 0.571. The highest BCUT2D eigenvalue weighted by Crippen LogP contribution is 2.22. The van der Waals surface area contributed by atoms with Crippen molar-refractivity contribution in [2.24, 2.45) is 0 Å². The number of likely N-dealkylation sites (N-methyl/N-ethyl adjacent to an activating group) is 1. The molecule has 0 spiro atoms. The highest BCUT2D eigenvalue weighted by molar-refractivity contribution is 9.10. The van der Waals surface area contributed by atoms with E-state index in [0.29, 0.717) is 12.2 Å². The van der Waals surface area contributed by atoms with Crippen LogP contribution in [0.5, 0.6) is 0 Å². The van der Waals surface area contributed by atoms with Gasteiger partial charge in [0, 0.05) is 21.9 Å². The summed E-state index contributed by atoms with van der Waals surface area (Å²) in [5.41, 5.74) is 2.76. The van der Waals surface area contributed by atoms with Crippen LogP contribution < -0.4 is 5.32 Å². The Hall–Kier alpha value is -1.63. The zero-order valence-electron chi connectivity index (χ0n) is 13.0. The number of nitrogens with zero attached hydrogens (tertiary/aromatic N) is 1. The summed E-state index contributed by atoms with van der Waals surface area (Å²) in [6, 6.07) is 10.1. The third-order valence-electron chi connectivity index (χ3n) is 3.84. The molecule has 0 radical (unpaired) electrons. The molecule has 3 rings (SSSR count). The Morgan fingerprint density at radius 2 is 2.17 bits per heavy atom. The van der Waals surface area contributed by atoms with E-state index in [1.165, 1.54) is 5.56 Å². The van der Waals surface area contributed by atoms with Crippen molar-refractivity contribution in [1.82, 2.24) is 15.2 Å². The van der Waals surface area contributed by atoms with Crippen LogP contribution in [-0.4, -0.2) is 36.4 Å². The topological polar surface area (TPSA) is 48.1 Å². The molecular formula is C17H18BrN3OS. The first-order chi connectivity index (χ1) is 11.0. The summed E-state index contributed by atoms with van der Waals surface area (Å²) >= 11 is 5.11. The lowest BCUT2D eigenvalue weighted by atomic mass is 10.1. The number of nitrogens with one attached hydrogen (secondary N) is 2. The second-order valence-electron chi connectivity index (χ2n) is 5.66. The number of rotatable bonds is 5. The van der Waals surface area contributed by atoms with Crippen molar-refractivity contribution in [3.05, 3.63) is 56.8 Å². The Bertz CT molecular complexity index is 810. The number of halogens is 1. The fourth-order valence-electron chi connectivity index (χ4n) is 2.57. The average Bonchev–Trinajstić information content (AvgIpc) is 3.15. The van der Waals surface area contributed by atoms with Crippen LogP contribution >= 0.6 is 27.3 Å². The third kappa shape index (κ3) is 3.65. The zero-order valence-corrected chi connectivity index (χ0v) is 15.4. The monoisotopic (exact) mass is 391 g/mol. The molecule has 6 heteroatoms. The molecule has 1 unspecified atom stereocenters. The summed E-state index contributed by atoms with van der Waals surface area (Å²) in [6.07, 6.45) is 0. The van der Waals surface area contributed by atoms with E-state index in [1.807, 2.05) is 38.4 Å². The number of hydrogen-bond donors (Lipinski definition) is 2. The summed E-state index contributed by atoms with van der Waals surface area (Å²) in [7, 11) is 4.05. The fraction of sp³-hybridized carbons (Fsp3) is 0.235. The summed E-state index contributed by atoms with van der Waals surface area (Å²) in [4.78, 5) is 17.7. The summed E-state index contributed by atoms with van der Waals surface area (Å²) in [5, 5.41) is 8.23. The van der Waals surface area contributed by atoms with Crippen LogP contribution in [-0.2, 0) is 0 Å². The first-order valence-corrected chi connectivity index (χ1v) is 9.03. The molecule has 2 N–H and O–H groups in total. The van der Waals surface area contributed by atoms with Gasteiger partial charge in [0.25, 0.3) is 5.91 Å². The normalized spacial score (nSPS) is 12.7. The molecule has 23 heavy (non-hydrogen) atoms. The molecule has 4 nitrogen and oxygen atoms in total. The molecule has 2 heterocycles. The first-order valence-electron chi connectivity index (χ1n) is 7.29. The lowest BCUT2D eigenvalue weighted by Crippen LogP contribution is -2.34. The van der Waals surface area contributed by atoms with Crippen LogP contribution in [0.3, 0.4) is 0 Å². The molecule has 1 amide bonds. The zero-order chi connectivity index (χ0) is 16.4. The molecule has 0 saturated heterocycles. The highest BCUT2D eigenvalue weighted by Gasteiger charge is 2.17. The number of hydrogen-bond acceptors (Lipinski definition) is 3. The minimum absolute atomic E-state index is 0.0839. The molecule has 0 aliphatic carbocycles. The van der Waals surface area contributed by atoms with E-state index >= 15 is 0 Å². The van der Waals surface area contributed by atoms with Gasteiger partial charge < -0.3 is 15.2 Å². The number of amides is 1. The maximum Gasteiger partial charge on any atom is 0.267 e. The number of fused-ring (bicyclic) bond motifs is 1. The van der Waals surface area contributed by atoms with Crippen LogP contribution in [0.4, 0.5) is 0 Å². The SMILES string of the molecule is CN(C)C(CNC(=O)c1cc2ccc(Br)cc2[nH]1)c1ccsc1. The molecule has 0 aliphatic rings. The Morgan fingerprint density at radius 3 is 2.87 bits per heavy atom. The summed E-state index contributed by atoms with van der Waals surface area (Å²) in [5.74, 6) is -0.0839. The van der Waals surface area contributed by atoms with E-state index in [4.69, 9.17) is 0 Å². The number of H-pyrrole nitrogens is 1. The van der Waals surface area contributed by atoms with E-state index in [-0.39, 0.29) is 11.9 Å². The van der Waals surface area contributed by atoms with Crippen molar-refractivity contribution in [1.29, 1.82) is 0 Å². The number of aromatic nitrogens is 1. The molecule has 3 aromatic rings. The van der Waals surface area contributed by atoms with E-state index < -0.39 is 0 Å². The van der Waals surface area contributed by atoms with Gasteiger partial charge in [-0.15, -0.1) is 0 Å². The quantitative estimate of drug-likeness (QED) is 0.689. The maximum atomic E-state index is 12.4. The van der Waals surface area contributed by atoms with Crippen molar-refractivity contribution >= 4 is 44.1 Å². The van der Waals surface area contributed by atoms with Gasteiger partial charge in [0.05, 0.1) is 6.04 Å². The predicted molar refractivity (Wildman–Crippen MR) is 99.1 cm³/mol. The van der Waals surface area contributed by atoms with Crippen LogP contribution in [0.25, 0.3) is 10.9 Å². The van der Waals surface area contributed by atoms with E-state index in [9.17, 15) is 4.79 Å². The number of carbonyl (C=O) groups excluding carboxylic acids is 1. The van der Waals surface area contributed by atoms with Crippen molar-refractivity contribution < 1.29 is 4.79 Å². The number of aromatic amines is 1. The summed E-state index contributed by atoms with van der Waals surface area (Å²) < 4.78 is 0.990. The molecule has 0 bridgehead atoms. The standard InChI is InChI=1S/C17H18BrN3OS/c1-21(2)16(12-5-6-23-10-12)9-19-17(22)15-7-11-3-4-13(18)8-14(11)20-15/h3-8,10,16,20H,9H2,1-2H3,(H,19,22). The molecule has 120 valence electrons. The van der Waals surface area contributed by atoms with Crippen LogP contribution in [0, 0.1) is 0 Å². The van der Waals surface area contributed by atoms with Gasteiger partial charge in [0.2, 0.25) is 0 Å². The lowest BCUT2D eigenvalue weighted by molar-refractivity contribution is 0.0938. The van der Waals surface area contributed by atoms with Crippen molar-refractivity contribution in [3.63, 3.8) is 0 Å². The van der Waals surface area contributed by atoms with Gasteiger partial charge in [0.15, 0.2) is 0 Å². The van der Waals surface area contributed by atoms with Crippen LogP contribution in [0.15, 0.2) is 45.6 Å². The largest absolute Gasteiger partial charge is 0.350 e. The van der Waals surface area contributed by atoms with Gasteiger partial charge in [-0.1, -0.05) is 22.0 Å². The van der Waals surface area contributed by atoms with Gasteiger partial charge in [0.1, 0.15) is 5.69 Å². The third-order valence-corrected chi connectivity index (χ3v) is 5.03. The number of carbonyl (C=O) groups is 1. The maximum absolute atomic E-state index is 12.4. The molecule has 1 aromatic carbocycles. The molecule has 0 fully saturated rings.